The summed E-state index contributed by atoms with van der Waals surface area (Å²) in [4.78, 5) is 0.266. The first-order chi connectivity index (χ1) is 8.50. The molecule has 0 aromatic carbocycles. The van der Waals surface area contributed by atoms with Gasteiger partial charge in [-0.25, -0.2) is 8.42 Å². The van der Waals surface area contributed by atoms with Crippen molar-refractivity contribution >= 4 is 10.0 Å². The second-order valence-electron chi connectivity index (χ2n) is 5.43. The van der Waals surface area contributed by atoms with Gasteiger partial charge < -0.3 is 4.52 Å². The Hall–Kier alpha value is -0.880. The van der Waals surface area contributed by atoms with Crippen LogP contribution < -0.4 is 0 Å². The summed E-state index contributed by atoms with van der Waals surface area (Å²) in [5.41, 5.74) is 0.463. The third-order valence-electron chi connectivity index (χ3n) is 4.26. The molecular weight excluding hydrogens is 252 g/mol. The van der Waals surface area contributed by atoms with Crippen LogP contribution in [-0.2, 0) is 10.0 Å². The van der Waals surface area contributed by atoms with Crippen LogP contribution in [0, 0.1) is 25.7 Å². The van der Waals surface area contributed by atoms with E-state index >= 15 is 0 Å². The van der Waals surface area contributed by atoms with E-state index < -0.39 is 10.0 Å². The highest BCUT2D eigenvalue weighted by atomic mass is 32.2. The van der Waals surface area contributed by atoms with Crippen molar-refractivity contribution in [2.75, 3.05) is 13.1 Å². The molecule has 1 aliphatic carbocycles. The molecular formula is C12H18N2O3S. The smallest absolute Gasteiger partial charge is 0.248 e. The largest absolute Gasteiger partial charge is 0.360 e. The van der Waals surface area contributed by atoms with Crippen molar-refractivity contribution in [3.63, 3.8) is 0 Å². The number of nitrogens with zero attached hydrogens (tertiary/aromatic N) is 2. The van der Waals surface area contributed by atoms with Gasteiger partial charge in [0.2, 0.25) is 10.0 Å². The van der Waals surface area contributed by atoms with Crippen molar-refractivity contribution in [1.82, 2.24) is 9.46 Å². The first kappa shape index (κ1) is 12.2. The van der Waals surface area contributed by atoms with Crippen molar-refractivity contribution in [2.24, 2.45) is 11.8 Å². The van der Waals surface area contributed by atoms with E-state index in [0.717, 1.165) is 12.8 Å². The Morgan fingerprint density at radius 2 is 1.83 bits per heavy atom. The third-order valence-corrected chi connectivity index (χ3v) is 6.34. The zero-order chi connectivity index (χ0) is 12.9. The summed E-state index contributed by atoms with van der Waals surface area (Å²) < 4.78 is 31.8. The van der Waals surface area contributed by atoms with E-state index in [0.29, 0.717) is 36.4 Å². The van der Waals surface area contributed by atoms with Gasteiger partial charge in [-0.2, -0.15) is 4.31 Å². The minimum Gasteiger partial charge on any atom is -0.360 e. The number of hydrogen-bond donors (Lipinski definition) is 0. The minimum absolute atomic E-state index is 0.266. The number of rotatable bonds is 2. The lowest BCUT2D eigenvalue weighted by molar-refractivity contribution is 0.389. The fraction of sp³-hybridized carbons (Fsp3) is 0.750. The molecule has 1 aliphatic heterocycles. The predicted octanol–water partition coefficient (Wildman–Crippen LogP) is 1.71. The van der Waals surface area contributed by atoms with Crippen molar-refractivity contribution in [3.05, 3.63) is 11.5 Å². The quantitative estimate of drug-likeness (QED) is 0.820. The Morgan fingerprint density at radius 3 is 2.33 bits per heavy atom. The predicted molar refractivity (Wildman–Crippen MR) is 65.6 cm³/mol. The van der Waals surface area contributed by atoms with Crippen LogP contribution in [0.15, 0.2) is 9.42 Å². The van der Waals surface area contributed by atoms with Crippen LogP contribution in [0.25, 0.3) is 0 Å². The Labute approximate surface area is 107 Å². The second-order valence-corrected chi connectivity index (χ2v) is 7.30. The molecule has 18 heavy (non-hydrogen) atoms. The average Bonchev–Trinajstić information content (AvgIpc) is 2.91. The fourth-order valence-corrected chi connectivity index (χ4v) is 5.21. The number of aryl methyl sites for hydroxylation is 2. The van der Waals surface area contributed by atoms with Crippen molar-refractivity contribution in [1.29, 1.82) is 0 Å². The molecule has 0 radical (unpaired) electrons. The first-order valence-corrected chi connectivity index (χ1v) is 7.87. The summed E-state index contributed by atoms with van der Waals surface area (Å²) in [6.07, 6.45) is 3.57. The molecule has 1 saturated heterocycles. The third kappa shape index (κ3) is 1.70. The Bertz CT molecular complexity index is 532. The molecule has 100 valence electrons. The molecule has 6 heteroatoms. The molecule has 3 rings (SSSR count). The SMILES string of the molecule is Cc1noc(C)c1S(=O)(=O)N1C[C@H]2CCC[C@H]2C1. The molecule has 1 saturated carbocycles. The van der Waals surface area contributed by atoms with Gasteiger partial charge in [-0.05, 0) is 38.5 Å². The average molecular weight is 270 g/mol. The number of aromatic nitrogens is 1. The van der Waals surface area contributed by atoms with Gasteiger partial charge in [-0.1, -0.05) is 11.6 Å². The highest BCUT2D eigenvalue weighted by Crippen LogP contribution is 2.40. The summed E-state index contributed by atoms with van der Waals surface area (Å²) in [5.74, 6) is 1.50. The maximum atomic E-state index is 12.6. The summed E-state index contributed by atoms with van der Waals surface area (Å²) in [6.45, 7) is 4.66. The van der Waals surface area contributed by atoms with E-state index in [-0.39, 0.29) is 4.90 Å². The van der Waals surface area contributed by atoms with Gasteiger partial charge in [-0.15, -0.1) is 0 Å². The molecule has 2 atom stereocenters. The molecule has 0 spiro atoms. The minimum atomic E-state index is -3.42. The molecule has 2 fully saturated rings. The first-order valence-electron chi connectivity index (χ1n) is 6.43. The number of sulfonamides is 1. The fourth-order valence-electron chi connectivity index (χ4n) is 3.36. The maximum Gasteiger partial charge on any atom is 0.248 e. The summed E-state index contributed by atoms with van der Waals surface area (Å²) >= 11 is 0. The van der Waals surface area contributed by atoms with E-state index in [9.17, 15) is 8.42 Å². The highest BCUT2D eigenvalue weighted by Gasteiger charge is 2.42. The van der Waals surface area contributed by atoms with Gasteiger partial charge in [-0.3, -0.25) is 0 Å². The van der Waals surface area contributed by atoms with E-state index in [1.807, 2.05) is 0 Å². The lowest BCUT2D eigenvalue weighted by atomic mass is 10.0. The molecule has 0 amide bonds. The zero-order valence-electron chi connectivity index (χ0n) is 10.7. The van der Waals surface area contributed by atoms with Crippen LogP contribution in [0.3, 0.4) is 0 Å². The Morgan fingerprint density at radius 1 is 1.22 bits per heavy atom. The molecule has 1 aromatic rings. The topological polar surface area (TPSA) is 63.4 Å². The van der Waals surface area contributed by atoms with E-state index in [4.69, 9.17) is 4.52 Å². The lowest BCUT2D eigenvalue weighted by Crippen LogP contribution is -2.30. The van der Waals surface area contributed by atoms with Gasteiger partial charge in [0.05, 0.1) is 0 Å². The van der Waals surface area contributed by atoms with Crippen LogP contribution in [0.2, 0.25) is 0 Å². The summed E-state index contributed by atoms with van der Waals surface area (Å²) in [6, 6.07) is 0. The molecule has 2 aliphatic rings. The number of hydrogen-bond acceptors (Lipinski definition) is 4. The Kier molecular flexibility index (Phi) is 2.75. The van der Waals surface area contributed by atoms with Gasteiger partial charge in [0.25, 0.3) is 0 Å². The highest BCUT2D eigenvalue weighted by molar-refractivity contribution is 7.89. The maximum absolute atomic E-state index is 12.6. The van der Waals surface area contributed by atoms with Crippen molar-refractivity contribution in [2.45, 2.75) is 38.0 Å². The molecule has 0 bridgehead atoms. The van der Waals surface area contributed by atoms with E-state index in [1.165, 1.54) is 6.42 Å². The Balaban J connectivity index is 1.92. The zero-order valence-corrected chi connectivity index (χ0v) is 11.5. The molecule has 2 heterocycles. The van der Waals surface area contributed by atoms with Gasteiger partial charge in [0.15, 0.2) is 5.76 Å². The molecule has 0 unspecified atom stereocenters. The van der Waals surface area contributed by atoms with E-state index in [1.54, 1.807) is 18.2 Å². The summed E-state index contributed by atoms with van der Waals surface area (Å²) in [5, 5.41) is 3.75. The van der Waals surface area contributed by atoms with Gasteiger partial charge >= 0.3 is 0 Å². The van der Waals surface area contributed by atoms with E-state index in [2.05, 4.69) is 5.16 Å². The molecule has 5 nitrogen and oxygen atoms in total. The van der Waals surface area contributed by atoms with Crippen molar-refractivity contribution in [3.8, 4) is 0 Å². The molecule has 0 N–H and O–H groups in total. The van der Waals surface area contributed by atoms with Crippen LogP contribution in [0.1, 0.15) is 30.7 Å². The number of fused-ring (bicyclic) bond motifs is 1. The van der Waals surface area contributed by atoms with Gasteiger partial charge in [0.1, 0.15) is 10.6 Å². The lowest BCUT2D eigenvalue weighted by Gasteiger charge is -2.16. The summed E-state index contributed by atoms with van der Waals surface area (Å²) in [7, 11) is -3.42. The van der Waals surface area contributed by atoms with Gasteiger partial charge in [0, 0.05) is 13.1 Å². The standard InChI is InChI=1S/C12H18N2O3S/c1-8-12(9(2)17-13-8)18(15,16)14-6-10-4-3-5-11(10)7-14/h10-11H,3-7H2,1-2H3/t10-,11+. The molecule has 1 aromatic heterocycles. The van der Waals surface area contributed by atoms with Crippen LogP contribution in [0.5, 0.6) is 0 Å². The monoisotopic (exact) mass is 270 g/mol. The normalized spacial score (nSPS) is 28.8. The van der Waals surface area contributed by atoms with Crippen molar-refractivity contribution < 1.29 is 12.9 Å². The van der Waals surface area contributed by atoms with Crippen LogP contribution in [0.4, 0.5) is 0 Å². The van der Waals surface area contributed by atoms with Crippen LogP contribution >= 0.6 is 0 Å². The van der Waals surface area contributed by atoms with Crippen LogP contribution in [-0.4, -0.2) is 31.0 Å². The second kappa shape index (κ2) is 4.06.